The van der Waals surface area contributed by atoms with E-state index in [4.69, 9.17) is 9.47 Å². The first kappa shape index (κ1) is 13.7. The van der Waals surface area contributed by atoms with Crippen LogP contribution in [0.4, 0.5) is 8.78 Å². The summed E-state index contributed by atoms with van der Waals surface area (Å²) in [6, 6.07) is 2.26. The highest BCUT2D eigenvalue weighted by Crippen LogP contribution is 2.31. The van der Waals surface area contributed by atoms with E-state index in [9.17, 15) is 13.6 Å². The normalized spacial score (nSPS) is 21.1. The van der Waals surface area contributed by atoms with Crippen LogP contribution in [0.15, 0.2) is 12.1 Å². The molecule has 0 aliphatic carbocycles. The molecule has 0 aromatic heterocycles. The van der Waals surface area contributed by atoms with E-state index < -0.39 is 23.2 Å². The van der Waals surface area contributed by atoms with Crippen molar-refractivity contribution < 1.29 is 27.8 Å². The van der Waals surface area contributed by atoms with Gasteiger partial charge in [-0.15, -0.1) is 0 Å². The monoisotopic (exact) mass is 272 g/mol. The summed E-state index contributed by atoms with van der Waals surface area (Å²) < 4.78 is 41.8. The molecule has 0 radical (unpaired) electrons. The van der Waals surface area contributed by atoms with Gasteiger partial charge in [0.1, 0.15) is 12.2 Å². The summed E-state index contributed by atoms with van der Waals surface area (Å²) in [6.45, 7) is 2.40. The zero-order valence-corrected chi connectivity index (χ0v) is 10.7. The van der Waals surface area contributed by atoms with Gasteiger partial charge in [-0.3, -0.25) is 4.79 Å². The fourth-order valence-corrected chi connectivity index (χ4v) is 1.53. The van der Waals surface area contributed by atoms with E-state index in [0.29, 0.717) is 6.61 Å². The number of epoxide rings is 1. The molecule has 19 heavy (non-hydrogen) atoms. The molecule has 1 saturated heterocycles. The molecule has 2 rings (SSSR count). The molecule has 1 aromatic carbocycles. The van der Waals surface area contributed by atoms with E-state index >= 15 is 0 Å². The third-order valence-corrected chi connectivity index (χ3v) is 2.85. The van der Waals surface area contributed by atoms with Crippen LogP contribution < -0.4 is 4.74 Å². The Labute approximate surface area is 109 Å². The summed E-state index contributed by atoms with van der Waals surface area (Å²) in [5, 5.41) is 0. The van der Waals surface area contributed by atoms with Gasteiger partial charge in [-0.25, -0.2) is 4.39 Å². The van der Waals surface area contributed by atoms with Crippen LogP contribution in [0.3, 0.4) is 0 Å². The van der Waals surface area contributed by atoms with E-state index in [1.54, 1.807) is 6.92 Å². The topological polar surface area (TPSA) is 48.1 Å². The van der Waals surface area contributed by atoms with Gasteiger partial charge >= 0.3 is 5.97 Å². The Morgan fingerprint density at radius 1 is 1.47 bits per heavy atom. The maximum atomic E-state index is 13.7. The van der Waals surface area contributed by atoms with E-state index in [1.807, 2.05) is 0 Å². The number of esters is 1. The first-order valence-corrected chi connectivity index (χ1v) is 5.75. The molecule has 1 aliphatic heterocycles. The molecule has 1 aliphatic rings. The van der Waals surface area contributed by atoms with Crippen LogP contribution in [0.25, 0.3) is 0 Å². The quantitative estimate of drug-likeness (QED) is 0.606. The van der Waals surface area contributed by atoms with Gasteiger partial charge in [-0.05, 0) is 13.0 Å². The molecule has 4 nitrogen and oxygen atoms in total. The number of halogens is 2. The second-order valence-corrected chi connectivity index (χ2v) is 4.63. The van der Waals surface area contributed by atoms with Crippen molar-refractivity contribution in [1.29, 1.82) is 0 Å². The number of benzene rings is 1. The van der Waals surface area contributed by atoms with E-state index in [1.165, 1.54) is 13.2 Å². The van der Waals surface area contributed by atoms with Crippen LogP contribution in [0.2, 0.25) is 0 Å². The molecular weight excluding hydrogens is 258 g/mol. The van der Waals surface area contributed by atoms with Crippen molar-refractivity contribution in [2.24, 2.45) is 0 Å². The lowest BCUT2D eigenvalue weighted by molar-refractivity contribution is -0.139. The highest BCUT2D eigenvalue weighted by molar-refractivity contribution is 5.73. The first-order valence-electron chi connectivity index (χ1n) is 5.75. The fraction of sp³-hybridized carbons (Fsp3) is 0.462. The van der Waals surface area contributed by atoms with Crippen molar-refractivity contribution >= 4 is 5.97 Å². The Hall–Kier alpha value is -1.69. The van der Waals surface area contributed by atoms with Gasteiger partial charge in [0.15, 0.2) is 11.6 Å². The molecule has 0 spiro atoms. The zero-order chi connectivity index (χ0) is 14.0. The van der Waals surface area contributed by atoms with Crippen molar-refractivity contribution in [2.75, 3.05) is 20.3 Å². The molecule has 0 N–H and O–H groups in total. The summed E-state index contributed by atoms with van der Waals surface area (Å²) in [6.07, 6.45) is -0.180. The minimum atomic E-state index is -1.11. The molecule has 1 aromatic rings. The average Bonchev–Trinajstić information content (AvgIpc) is 3.11. The molecule has 1 atom stereocenters. The van der Waals surface area contributed by atoms with Gasteiger partial charge < -0.3 is 14.2 Å². The smallest absolute Gasteiger partial charge is 0.310 e. The lowest BCUT2D eigenvalue weighted by Gasteiger charge is -2.14. The predicted octanol–water partition coefficient (Wildman–Crippen LogP) is 1.85. The van der Waals surface area contributed by atoms with E-state index in [0.717, 1.165) is 6.07 Å². The van der Waals surface area contributed by atoms with Gasteiger partial charge in [0, 0.05) is 5.56 Å². The molecule has 1 heterocycles. The number of rotatable bonds is 5. The van der Waals surface area contributed by atoms with Gasteiger partial charge in [0.25, 0.3) is 0 Å². The Kier molecular flexibility index (Phi) is 3.71. The summed E-state index contributed by atoms with van der Waals surface area (Å²) in [5.41, 5.74) is -0.212. The van der Waals surface area contributed by atoms with Crippen LogP contribution >= 0.6 is 0 Å². The predicted molar refractivity (Wildman–Crippen MR) is 61.9 cm³/mol. The minimum Gasteiger partial charge on any atom is -0.487 e. The van der Waals surface area contributed by atoms with Crippen molar-refractivity contribution in [3.8, 4) is 5.75 Å². The van der Waals surface area contributed by atoms with Gasteiger partial charge in [-0.1, -0.05) is 6.07 Å². The van der Waals surface area contributed by atoms with Crippen LogP contribution in [-0.2, 0) is 20.7 Å². The Morgan fingerprint density at radius 3 is 2.74 bits per heavy atom. The first-order chi connectivity index (χ1) is 8.95. The second kappa shape index (κ2) is 5.13. The number of carbonyl (C=O) groups is 1. The summed E-state index contributed by atoms with van der Waals surface area (Å²) >= 11 is 0. The van der Waals surface area contributed by atoms with Crippen LogP contribution in [0.1, 0.15) is 12.5 Å². The molecule has 104 valence electrons. The van der Waals surface area contributed by atoms with Gasteiger partial charge in [-0.2, -0.15) is 4.39 Å². The Balaban J connectivity index is 2.20. The molecule has 0 saturated carbocycles. The van der Waals surface area contributed by atoms with Crippen LogP contribution in [0, 0.1) is 11.6 Å². The third-order valence-electron chi connectivity index (χ3n) is 2.85. The largest absolute Gasteiger partial charge is 0.487 e. The third kappa shape index (κ3) is 3.20. The van der Waals surface area contributed by atoms with Crippen molar-refractivity contribution in [3.63, 3.8) is 0 Å². The summed E-state index contributed by atoms with van der Waals surface area (Å²) in [7, 11) is 1.22. The zero-order valence-electron chi connectivity index (χ0n) is 10.7. The summed E-state index contributed by atoms with van der Waals surface area (Å²) in [5.74, 6) is -2.94. The molecule has 0 bridgehead atoms. The van der Waals surface area contributed by atoms with Crippen molar-refractivity contribution in [3.05, 3.63) is 29.3 Å². The standard InChI is InChI=1S/C13H14F2O4/c1-13(7-19-13)6-18-12-8(5-10(16)17-2)3-4-9(14)11(12)15/h3-4H,5-7H2,1-2H3/t13-/m1/s1. The maximum absolute atomic E-state index is 13.7. The average molecular weight is 272 g/mol. The maximum Gasteiger partial charge on any atom is 0.310 e. The molecular formula is C13H14F2O4. The van der Waals surface area contributed by atoms with Crippen LogP contribution in [-0.4, -0.2) is 31.9 Å². The second-order valence-electron chi connectivity index (χ2n) is 4.63. The molecule has 0 amide bonds. The number of hydrogen-bond donors (Lipinski definition) is 0. The Morgan fingerprint density at radius 2 is 2.16 bits per heavy atom. The minimum absolute atomic E-state index is 0.0988. The van der Waals surface area contributed by atoms with Crippen LogP contribution in [0.5, 0.6) is 5.75 Å². The van der Waals surface area contributed by atoms with E-state index in [2.05, 4.69) is 4.74 Å². The van der Waals surface area contributed by atoms with E-state index in [-0.39, 0.29) is 24.3 Å². The number of hydrogen-bond acceptors (Lipinski definition) is 4. The molecule has 6 heteroatoms. The van der Waals surface area contributed by atoms with Gasteiger partial charge in [0.05, 0.1) is 20.1 Å². The number of methoxy groups -OCH3 is 1. The SMILES string of the molecule is COC(=O)Cc1ccc(F)c(F)c1OC[C@]1(C)CO1. The molecule has 0 unspecified atom stereocenters. The van der Waals surface area contributed by atoms with Crippen molar-refractivity contribution in [2.45, 2.75) is 18.9 Å². The van der Waals surface area contributed by atoms with Crippen molar-refractivity contribution in [1.82, 2.24) is 0 Å². The number of ether oxygens (including phenoxy) is 3. The number of carbonyl (C=O) groups excluding carboxylic acids is 1. The fourth-order valence-electron chi connectivity index (χ4n) is 1.53. The highest BCUT2D eigenvalue weighted by atomic mass is 19.2. The lowest BCUT2D eigenvalue weighted by Crippen LogP contribution is -2.19. The van der Waals surface area contributed by atoms with Gasteiger partial charge in [0.2, 0.25) is 5.82 Å². The molecule has 1 fully saturated rings. The Bertz CT molecular complexity index is 498. The lowest BCUT2D eigenvalue weighted by atomic mass is 10.1. The highest BCUT2D eigenvalue weighted by Gasteiger charge is 2.40. The summed E-state index contributed by atoms with van der Waals surface area (Å²) in [4.78, 5) is 11.2.